The number of benzene rings is 1. The summed E-state index contributed by atoms with van der Waals surface area (Å²) in [5.41, 5.74) is 6.30. The van der Waals surface area contributed by atoms with E-state index in [1.807, 2.05) is 24.3 Å². The molecule has 0 radical (unpaired) electrons. The van der Waals surface area contributed by atoms with Crippen molar-refractivity contribution in [2.45, 2.75) is 6.42 Å². The minimum atomic E-state index is -0.113. The van der Waals surface area contributed by atoms with Crippen molar-refractivity contribution in [3.05, 3.63) is 36.0 Å². The molecule has 1 unspecified atom stereocenters. The van der Waals surface area contributed by atoms with Crippen LogP contribution in [0.25, 0.3) is 10.8 Å². The Labute approximate surface area is 117 Å². The summed E-state index contributed by atoms with van der Waals surface area (Å²) in [7, 11) is 0. The van der Waals surface area contributed by atoms with E-state index in [-0.39, 0.29) is 18.4 Å². The molecule has 1 amide bonds. The highest BCUT2D eigenvalue weighted by Gasteiger charge is 2.27. The molecule has 1 aliphatic rings. The van der Waals surface area contributed by atoms with Gasteiger partial charge in [-0.1, -0.05) is 24.3 Å². The minimum Gasteiger partial charge on any atom is -0.396 e. The first-order valence-corrected chi connectivity index (χ1v) is 6.74. The number of carbonyl (C=O) groups is 1. The summed E-state index contributed by atoms with van der Waals surface area (Å²) < 4.78 is 0. The molecule has 0 aliphatic carbocycles. The van der Waals surface area contributed by atoms with Crippen LogP contribution in [0.2, 0.25) is 0 Å². The Morgan fingerprint density at radius 1 is 1.45 bits per heavy atom. The maximum Gasteiger partial charge on any atom is 0.272 e. The molecule has 20 heavy (non-hydrogen) atoms. The van der Waals surface area contributed by atoms with Gasteiger partial charge in [0.25, 0.3) is 5.91 Å². The number of amides is 1. The van der Waals surface area contributed by atoms with Crippen LogP contribution in [0.4, 0.5) is 5.82 Å². The SMILES string of the molecule is Nc1nc(C(=O)N2CCC(CO)C2)cc2ccccc12. The predicted molar refractivity (Wildman–Crippen MR) is 77.3 cm³/mol. The van der Waals surface area contributed by atoms with Crippen molar-refractivity contribution in [1.82, 2.24) is 9.88 Å². The second-order valence-electron chi connectivity index (χ2n) is 5.20. The third-order valence-electron chi connectivity index (χ3n) is 3.82. The van der Waals surface area contributed by atoms with Crippen LogP contribution in [-0.4, -0.2) is 40.6 Å². The van der Waals surface area contributed by atoms with Gasteiger partial charge in [-0.15, -0.1) is 0 Å². The Balaban J connectivity index is 1.92. The molecule has 2 aromatic rings. The van der Waals surface area contributed by atoms with E-state index in [0.717, 1.165) is 17.2 Å². The van der Waals surface area contributed by atoms with Gasteiger partial charge in [0.15, 0.2) is 0 Å². The average molecular weight is 271 g/mol. The zero-order chi connectivity index (χ0) is 14.1. The molecule has 1 fully saturated rings. The van der Waals surface area contributed by atoms with Crippen LogP contribution in [-0.2, 0) is 0 Å². The molecule has 1 aliphatic heterocycles. The molecule has 0 spiro atoms. The summed E-state index contributed by atoms with van der Waals surface area (Å²) in [4.78, 5) is 18.4. The molecule has 2 heterocycles. The van der Waals surface area contributed by atoms with Crippen molar-refractivity contribution < 1.29 is 9.90 Å². The van der Waals surface area contributed by atoms with Gasteiger partial charge in [-0.3, -0.25) is 4.79 Å². The van der Waals surface area contributed by atoms with E-state index in [4.69, 9.17) is 10.8 Å². The fourth-order valence-corrected chi connectivity index (χ4v) is 2.66. The number of aliphatic hydroxyl groups is 1. The van der Waals surface area contributed by atoms with Crippen LogP contribution < -0.4 is 5.73 Å². The number of carbonyl (C=O) groups excluding carboxylic acids is 1. The molecule has 3 rings (SSSR count). The second-order valence-corrected chi connectivity index (χ2v) is 5.20. The number of aliphatic hydroxyl groups excluding tert-OH is 1. The van der Waals surface area contributed by atoms with E-state index in [1.165, 1.54) is 0 Å². The van der Waals surface area contributed by atoms with Crippen LogP contribution in [0, 0.1) is 5.92 Å². The van der Waals surface area contributed by atoms with Crippen molar-refractivity contribution in [3.63, 3.8) is 0 Å². The molecular weight excluding hydrogens is 254 g/mol. The number of rotatable bonds is 2. The van der Waals surface area contributed by atoms with Crippen molar-refractivity contribution in [1.29, 1.82) is 0 Å². The molecule has 104 valence electrons. The standard InChI is InChI=1S/C15H17N3O2/c16-14-12-4-2-1-3-11(12)7-13(17-14)15(20)18-6-5-10(8-18)9-19/h1-4,7,10,19H,5-6,8-9H2,(H2,16,17). The summed E-state index contributed by atoms with van der Waals surface area (Å²) in [6.45, 7) is 1.37. The Bertz CT molecular complexity index is 657. The van der Waals surface area contributed by atoms with E-state index >= 15 is 0 Å². The van der Waals surface area contributed by atoms with Crippen LogP contribution >= 0.6 is 0 Å². The predicted octanol–water partition coefficient (Wildman–Crippen LogP) is 1.27. The number of fused-ring (bicyclic) bond motifs is 1. The van der Waals surface area contributed by atoms with Gasteiger partial charge in [-0.25, -0.2) is 4.98 Å². The quantitative estimate of drug-likeness (QED) is 0.862. The molecule has 1 aromatic heterocycles. The lowest BCUT2D eigenvalue weighted by Gasteiger charge is -2.16. The van der Waals surface area contributed by atoms with Gasteiger partial charge < -0.3 is 15.7 Å². The number of nitrogens with zero attached hydrogens (tertiary/aromatic N) is 2. The van der Waals surface area contributed by atoms with E-state index in [9.17, 15) is 4.79 Å². The fraction of sp³-hybridized carbons (Fsp3) is 0.333. The number of hydrogen-bond acceptors (Lipinski definition) is 4. The van der Waals surface area contributed by atoms with Crippen molar-refractivity contribution in [2.24, 2.45) is 5.92 Å². The molecular formula is C15H17N3O2. The normalized spacial score (nSPS) is 18.6. The zero-order valence-electron chi connectivity index (χ0n) is 11.1. The topological polar surface area (TPSA) is 79.5 Å². The Hall–Kier alpha value is -2.14. The third kappa shape index (κ3) is 2.20. The molecule has 5 nitrogen and oxygen atoms in total. The maximum absolute atomic E-state index is 12.4. The van der Waals surface area contributed by atoms with Crippen LogP contribution in [0.3, 0.4) is 0 Å². The monoisotopic (exact) mass is 271 g/mol. The van der Waals surface area contributed by atoms with E-state index in [1.54, 1.807) is 11.0 Å². The lowest BCUT2D eigenvalue weighted by molar-refractivity contribution is 0.0776. The lowest BCUT2D eigenvalue weighted by Crippen LogP contribution is -2.30. The molecule has 0 saturated carbocycles. The van der Waals surface area contributed by atoms with Gasteiger partial charge in [0.2, 0.25) is 0 Å². The zero-order valence-corrected chi connectivity index (χ0v) is 11.1. The Morgan fingerprint density at radius 3 is 3.00 bits per heavy atom. The number of likely N-dealkylation sites (tertiary alicyclic amines) is 1. The van der Waals surface area contributed by atoms with E-state index in [0.29, 0.717) is 24.6 Å². The van der Waals surface area contributed by atoms with Crippen molar-refractivity contribution in [2.75, 3.05) is 25.4 Å². The van der Waals surface area contributed by atoms with Crippen molar-refractivity contribution >= 4 is 22.5 Å². The maximum atomic E-state index is 12.4. The summed E-state index contributed by atoms with van der Waals surface area (Å²) in [6, 6.07) is 9.40. The summed E-state index contributed by atoms with van der Waals surface area (Å²) >= 11 is 0. The van der Waals surface area contributed by atoms with Gasteiger partial charge >= 0.3 is 0 Å². The molecule has 1 saturated heterocycles. The number of anilines is 1. The van der Waals surface area contributed by atoms with Crippen LogP contribution in [0.5, 0.6) is 0 Å². The number of nitrogen functional groups attached to an aromatic ring is 1. The third-order valence-corrected chi connectivity index (χ3v) is 3.82. The first-order valence-electron chi connectivity index (χ1n) is 6.74. The van der Waals surface area contributed by atoms with E-state index < -0.39 is 0 Å². The first-order chi connectivity index (χ1) is 9.69. The number of nitrogens with two attached hydrogens (primary N) is 1. The second kappa shape index (κ2) is 5.09. The summed E-state index contributed by atoms with van der Waals surface area (Å²) in [5, 5.41) is 10.9. The van der Waals surface area contributed by atoms with Crippen molar-refractivity contribution in [3.8, 4) is 0 Å². The highest BCUT2D eigenvalue weighted by Crippen LogP contribution is 2.23. The number of pyridine rings is 1. The van der Waals surface area contributed by atoms with Gasteiger partial charge in [-0.05, 0) is 17.9 Å². The number of hydrogen-bond donors (Lipinski definition) is 2. The molecule has 1 atom stereocenters. The highest BCUT2D eigenvalue weighted by atomic mass is 16.3. The minimum absolute atomic E-state index is 0.113. The molecule has 3 N–H and O–H groups in total. The first kappa shape index (κ1) is 12.9. The molecule has 5 heteroatoms. The summed E-state index contributed by atoms with van der Waals surface area (Å²) in [5.74, 6) is 0.444. The lowest BCUT2D eigenvalue weighted by atomic mass is 10.1. The van der Waals surface area contributed by atoms with Crippen LogP contribution in [0.1, 0.15) is 16.9 Å². The van der Waals surface area contributed by atoms with E-state index in [2.05, 4.69) is 4.98 Å². The fourth-order valence-electron chi connectivity index (χ4n) is 2.66. The largest absolute Gasteiger partial charge is 0.396 e. The Kier molecular flexibility index (Phi) is 3.28. The van der Waals surface area contributed by atoms with Gasteiger partial charge in [0, 0.05) is 31.0 Å². The van der Waals surface area contributed by atoms with Gasteiger partial charge in [-0.2, -0.15) is 0 Å². The smallest absolute Gasteiger partial charge is 0.272 e. The van der Waals surface area contributed by atoms with Gasteiger partial charge in [0.05, 0.1) is 0 Å². The summed E-state index contributed by atoms with van der Waals surface area (Å²) in [6.07, 6.45) is 0.839. The number of aromatic nitrogens is 1. The van der Waals surface area contributed by atoms with Crippen LogP contribution in [0.15, 0.2) is 30.3 Å². The highest BCUT2D eigenvalue weighted by molar-refractivity contribution is 5.99. The van der Waals surface area contributed by atoms with Gasteiger partial charge in [0.1, 0.15) is 11.5 Å². The average Bonchev–Trinajstić information content (AvgIpc) is 2.95. The molecule has 1 aromatic carbocycles. The Morgan fingerprint density at radius 2 is 2.25 bits per heavy atom. The molecule has 0 bridgehead atoms.